The highest BCUT2D eigenvalue weighted by atomic mass is 127. The van der Waals surface area contributed by atoms with Crippen LogP contribution >= 0.6 is 34.2 Å². The minimum Gasteiger partial charge on any atom is -0.456 e. The van der Waals surface area contributed by atoms with Crippen molar-refractivity contribution in [2.45, 2.75) is 13.0 Å². The van der Waals surface area contributed by atoms with Gasteiger partial charge in [-0.25, -0.2) is 0 Å². The van der Waals surface area contributed by atoms with E-state index in [1.165, 1.54) is 0 Å². The lowest BCUT2D eigenvalue weighted by Crippen LogP contribution is -2.12. The molecule has 0 aliphatic carbocycles. The SMILES string of the molecule is CNC(C)c1ccc(Oc2cccc(I)c2)c(Cl)c1. The molecule has 0 aliphatic heterocycles. The highest BCUT2D eigenvalue weighted by Gasteiger charge is 2.08. The van der Waals surface area contributed by atoms with Crippen molar-refractivity contribution in [2.75, 3.05) is 7.05 Å². The molecule has 0 spiro atoms. The lowest BCUT2D eigenvalue weighted by Gasteiger charge is -2.13. The van der Waals surface area contributed by atoms with E-state index in [2.05, 4.69) is 34.8 Å². The van der Waals surface area contributed by atoms with Crippen LogP contribution in [0.2, 0.25) is 5.02 Å². The minimum absolute atomic E-state index is 0.268. The molecule has 1 unspecified atom stereocenters. The van der Waals surface area contributed by atoms with Gasteiger partial charge in [-0.05, 0) is 72.5 Å². The predicted molar refractivity (Wildman–Crippen MR) is 88.2 cm³/mol. The second-order valence-electron chi connectivity index (χ2n) is 4.26. The molecule has 0 aliphatic rings. The first kappa shape index (κ1) is 14.6. The van der Waals surface area contributed by atoms with Crippen molar-refractivity contribution in [1.82, 2.24) is 5.32 Å². The third-order valence-corrected chi connectivity index (χ3v) is 3.88. The Labute approximate surface area is 132 Å². The van der Waals surface area contributed by atoms with Gasteiger partial charge >= 0.3 is 0 Å². The third kappa shape index (κ3) is 3.84. The van der Waals surface area contributed by atoms with Gasteiger partial charge in [0.25, 0.3) is 0 Å². The first-order valence-corrected chi connectivity index (χ1v) is 7.46. The molecule has 19 heavy (non-hydrogen) atoms. The molecular weight excluding hydrogens is 373 g/mol. The van der Waals surface area contributed by atoms with Gasteiger partial charge in [-0.1, -0.05) is 23.7 Å². The fraction of sp³-hybridized carbons (Fsp3) is 0.200. The highest BCUT2D eigenvalue weighted by molar-refractivity contribution is 14.1. The van der Waals surface area contributed by atoms with Crippen LogP contribution in [0, 0.1) is 3.57 Å². The summed E-state index contributed by atoms with van der Waals surface area (Å²) in [7, 11) is 1.93. The van der Waals surface area contributed by atoms with Crippen molar-refractivity contribution >= 4 is 34.2 Å². The van der Waals surface area contributed by atoms with Crippen LogP contribution in [-0.4, -0.2) is 7.05 Å². The zero-order chi connectivity index (χ0) is 13.8. The van der Waals surface area contributed by atoms with Gasteiger partial charge < -0.3 is 10.1 Å². The second-order valence-corrected chi connectivity index (χ2v) is 5.91. The Morgan fingerprint density at radius 3 is 2.63 bits per heavy atom. The maximum atomic E-state index is 6.27. The van der Waals surface area contributed by atoms with Crippen molar-refractivity contribution in [2.24, 2.45) is 0 Å². The molecule has 1 atom stereocenters. The van der Waals surface area contributed by atoms with Gasteiger partial charge in [-0.3, -0.25) is 0 Å². The van der Waals surface area contributed by atoms with Crippen LogP contribution in [0.5, 0.6) is 11.5 Å². The molecule has 2 nitrogen and oxygen atoms in total. The average molecular weight is 388 g/mol. The first-order chi connectivity index (χ1) is 9.10. The smallest absolute Gasteiger partial charge is 0.146 e. The van der Waals surface area contributed by atoms with Gasteiger partial charge in [-0.15, -0.1) is 0 Å². The maximum absolute atomic E-state index is 6.27. The van der Waals surface area contributed by atoms with Gasteiger partial charge in [0.05, 0.1) is 5.02 Å². The van der Waals surface area contributed by atoms with E-state index in [0.717, 1.165) is 14.9 Å². The van der Waals surface area contributed by atoms with E-state index in [4.69, 9.17) is 16.3 Å². The Bertz CT molecular complexity index is 574. The molecule has 2 aromatic rings. The number of hydrogen-bond donors (Lipinski definition) is 1. The van der Waals surface area contributed by atoms with Gasteiger partial charge in [0, 0.05) is 9.61 Å². The zero-order valence-electron chi connectivity index (χ0n) is 10.8. The largest absolute Gasteiger partial charge is 0.456 e. The van der Waals surface area contributed by atoms with E-state index in [1.807, 2.05) is 49.5 Å². The Balaban J connectivity index is 2.22. The molecule has 2 aromatic carbocycles. The van der Waals surface area contributed by atoms with Gasteiger partial charge in [0.2, 0.25) is 0 Å². The number of nitrogens with one attached hydrogen (secondary N) is 1. The molecule has 0 fully saturated rings. The van der Waals surface area contributed by atoms with E-state index in [0.29, 0.717) is 10.8 Å². The van der Waals surface area contributed by atoms with Gasteiger partial charge in [0.15, 0.2) is 0 Å². The van der Waals surface area contributed by atoms with Crippen LogP contribution in [0.4, 0.5) is 0 Å². The Kier molecular flexibility index (Phi) is 5.07. The molecule has 2 rings (SSSR count). The molecule has 100 valence electrons. The summed E-state index contributed by atoms with van der Waals surface area (Å²) in [5.74, 6) is 1.47. The predicted octanol–water partition coefficient (Wildman–Crippen LogP) is 5.02. The third-order valence-electron chi connectivity index (χ3n) is 2.91. The van der Waals surface area contributed by atoms with E-state index >= 15 is 0 Å². The minimum atomic E-state index is 0.268. The standard InChI is InChI=1S/C15H15ClINO/c1-10(18-2)11-6-7-15(14(16)8-11)19-13-5-3-4-12(17)9-13/h3-10,18H,1-2H3. The Morgan fingerprint density at radius 2 is 2.00 bits per heavy atom. The zero-order valence-corrected chi connectivity index (χ0v) is 13.7. The van der Waals surface area contributed by atoms with E-state index < -0.39 is 0 Å². The van der Waals surface area contributed by atoms with E-state index in [-0.39, 0.29) is 6.04 Å². The lowest BCUT2D eigenvalue weighted by molar-refractivity contribution is 0.482. The molecule has 0 bridgehead atoms. The summed E-state index contributed by atoms with van der Waals surface area (Å²) in [6.07, 6.45) is 0. The van der Waals surface area contributed by atoms with Crippen LogP contribution in [0.15, 0.2) is 42.5 Å². The van der Waals surface area contributed by atoms with E-state index in [9.17, 15) is 0 Å². The van der Waals surface area contributed by atoms with Crippen LogP contribution in [0.25, 0.3) is 0 Å². The summed E-state index contributed by atoms with van der Waals surface area (Å²) >= 11 is 8.52. The molecule has 0 amide bonds. The number of hydrogen-bond acceptors (Lipinski definition) is 2. The molecule has 0 radical (unpaired) electrons. The molecular formula is C15H15ClINO. The molecule has 1 N–H and O–H groups in total. The highest BCUT2D eigenvalue weighted by Crippen LogP contribution is 2.32. The number of ether oxygens (including phenoxy) is 1. The van der Waals surface area contributed by atoms with Crippen LogP contribution in [-0.2, 0) is 0 Å². The Morgan fingerprint density at radius 1 is 1.21 bits per heavy atom. The first-order valence-electron chi connectivity index (χ1n) is 6.00. The number of benzene rings is 2. The quantitative estimate of drug-likeness (QED) is 0.744. The molecule has 0 aromatic heterocycles. The lowest BCUT2D eigenvalue weighted by atomic mass is 10.1. The van der Waals surface area contributed by atoms with Crippen LogP contribution < -0.4 is 10.1 Å². The van der Waals surface area contributed by atoms with Gasteiger partial charge in [0.1, 0.15) is 11.5 Å². The van der Waals surface area contributed by atoms with Crippen LogP contribution in [0.1, 0.15) is 18.5 Å². The summed E-state index contributed by atoms with van der Waals surface area (Å²) in [4.78, 5) is 0. The summed E-state index contributed by atoms with van der Waals surface area (Å²) in [5.41, 5.74) is 1.14. The average Bonchev–Trinajstić information content (AvgIpc) is 2.40. The van der Waals surface area contributed by atoms with Crippen LogP contribution in [0.3, 0.4) is 0 Å². The topological polar surface area (TPSA) is 21.3 Å². The van der Waals surface area contributed by atoms with E-state index in [1.54, 1.807) is 0 Å². The molecule has 4 heteroatoms. The fourth-order valence-electron chi connectivity index (χ4n) is 1.69. The molecule has 0 saturated heterocycles. The maximum Gasteiger partial charge on any atom is 0.146 e. The fourth-order valence-corrected chi connectivity index (χ4v) is 2.44. The Hall–Kier alpha value is -0.780. The molecule has 0 saturated carbocycles. The van der Waals surface area contributed by atoms with Crippen molar-refractivity contribution in [3.05, 3.63) is 56.6 Å². The molecule has 0 heterocycles. The van der Waals surface area contributed by atoms with Gasteiger partial charge in [-0.2, -0.15) is 0 Å². The number of halogens is 2. The monoisotopic (exact) mass is 387 g/mol. The summed E-state index contributed by atoms with van der Waals surface area (Å²) < 4.78 is 6.93. The van der Waals surface area contributed by atoms with Crippen molar-refractivity contribution in [3.8, 4) is 11.5 Å². The van der Waals surface area contributed by atoms with Crippen molar-refractivity contribution < 1.29 is 4.74 Å². The summed E-state index contributed by atoms with van der Waals surface area (Å²) in [5, 5.41) is 3.81. The number of rotatable bonds is 4. The summed E-state index contributed by atoms with van der Waals surface area (Å²) in [6, 6.07) is 14.0. The second kappa shape index (κ2) is 6.59. The van der Waals surface area contributed by atoms with Crippen molar-refractivity contribution in [1.29, 1.82) is 0 Å². The summed E-state index contributed by atoms with van der Waals surface area (Å²) in [6.45, 7) is 2.09. The van der Waals surface area contributed by atoms with Crippen molar-refractivity contribution in [3.63, 3.8) is 0 Å². The normalized spacial score (nSPS) is 12.2.